The summed E-state index contributed by atoms with van der Waals surface area (Å²) in [5, 5.41) is 11.0. The largest absolute Gasteiger partial charge is 0.307 e. The first-order chi connectivity index (χ1) is 6.68. The molecule has 0 N–H and O–H groups in total. The van der Waals surface area contributed by atoms with Crippen LogP contribution in [0.15, 0.2) is 24.4 Å². The van der Waals surface area contributed by atoms with E-state index >= 15 is 0 Å². The Morgan fingerprint density at radius 3 is 3.00 bits per heavy atom. The minimum atomic E-state index is -0.568. The van der Waals surface area contributed by atoms with Crippen molar-refractivity contribution in [1.29, 1.82) is 0 Å². The van der Waals surface area contributed by atoms with E-state index in [-0.39, 0.29) is 10.8 Å². The lowest BCUT2D eigenvalue weighted by Gasteiger charge is -1.97. The summed E-state index contributed by atoms with van der Waals surface area (Å²) < 4.78 is 0. The number of nitrogens with zero attached hydrogens (tertiary/aromatic N) is 3. The van der Waals surface area contributed by atoms with Gasteiger partial charge in [-0.05, 0) is 12.1 Å². The number of hydrogen-bond acceptors (Lipinski definition) is 4. The molecular weight excluding hydrogens is 206 g/mol. The number of fused-ring (bicyclic) bond motifs is 1. The van der Waals surface area contributed by atoms with Crippen LogP contribution in [0.5, 0.6) is 0 Å². The normalized spacial score (nSPS) is 10.4. The maximum absolute atomic E-state index is 10.5. The third-order valence-electron chi connectivity index (χ3n) is 1.72. The van der Waals surface area contributed by atoms with E-state index in [1.807, 2.05) is 0 Å². The van der Waals surface area contributed by atoms with E-state index in [0.717, 1.165) is 0 Å². The first kappa shape index (κ1) is 8.83. The van der Waals surface area contributed by atoms with Gasteiger partial charge in [-0.15, -0.1) is 0 Å². The lowest BCUT2D eigenvalue weighted by molar-refractivity contribution is -0.384. The Balaban J connectivity index is 2.77. The molecule has 0 radical (unpaired) electrons. The number of aromatic nitrogens is 2. The highest BCUT2D eigenvalue weighted by Crippen LogP contribution is 2.25. The van der Waals surface area contributed by atoms with Crippen molar-refractivity contribution in [2.75, 3.05) is 0 Å². The van der Waals surface area contributed by atoms with Gasteiger partial charge in [-0.3, -0.25) is 10.1 Å². The van der Waals surface area contributed by atoms with Crippen molar-refractivity contribution < 1.29 is 4.92 Å². The van der Waals surface area contributed by atoms with Gasteiger partial charge in [-0.2, -0.15) is 0 Å². The molecule has 5 nitrogen and oxygen atoms in total. The lowest BCUT2D eigenvalue weighted by Crippen LogP contribution is -1.92. The zero-order chi connectivity index (χ0) is 10.1. The molecule has 0 amide bonds. The van der Waals surface area contributed by atoms with Crippen LogP contribution in [0.25, 0.3) is 11.0 Å². The second kappa shape index (κ2) is 3.19. The van der Waals surface area contributed by atoms with E-state index in [1.54, 1.807) is 18.3 Å². The molecule has 0 atom stereocenters. The van der Waals surface area contributed by atoms with Gasteiger partial charge in [0, 0.05) is 17.6 Å². The van der Waals surface area contributed by atoms with Crippen LogP contribution < -0.4 is 0 Å². The van der Waals surface area contributed by atoms with Crippen molar-refractivity contribution in [3.05, 3.63) is 39.7 Å². The summed E-state index contributed by atoms with van der Waals surface area (Å²) in [6.07, 6.45) is 1.55. The topological polar surface area (TPSA) is 68.9 Å². The summed E-state index contributed by atoms with van der Waals surface area (Å²) in [7, 11) is 0. The third kappa shape index (κ3) is 1.38. The Morgan fingerprint density at radius 2 is 2.29 bits per heavy atom. The quantitative estimate of drug-likeness (QED) is 0.410. The minimum absolute atomic E-state index is 0.138. The minimum Gasteiger partial charge on any atom is -0.258 e. The molecule has 2 aromatic heterocycles. The van der Waals surface area contributed by atoms with Gasteiger partial charge in [0.15, 0.2) is 5.65 Å². The van der Waals surface area contributed by atoms with Crippen LogP contribution in [0.3, 0.4) is 0 Å². The maximum Gasteiger partial charge on any atom is 0.307 e. The summed E-state index contributed by atoms with van der Waals surface area (Å²) >= 11 is 5.61. The Labute approximate surface area is 83.5 Å². The molecule has 0 spiro atoms. The molecular formula is C8H4ClN3O2. The molecule has 2 rings (SSSR count). The van der Waals surface area contributed by atoms with E-state index in [9.17, 15) is 10.1 Å². The van der Waals surface area contributed by atoms with E-state index in [0.29, 0.717) is 11.0 Å². The molecule has 2 heterocycles. The van der Waals surface area contributed by atoms with Crippen molar-refractivity contribution in [2.45, 2.75) is 0 Å². The predicted molar refractivity (Wildman–Crippen MR) is 51.2 cm³/mol. The Morgan fingerprint density at radius 1 is 1.50 bits per heavy atom. The van der Waals surface area contributed by atoms with Gasteiger partial charge >= 0.3 is 5.69 Å². The molecule has 0 aromatic carbocycles. The van der Waals surface area contributed by atoms with Crippen molar-refractivity contribution in [3.8, 4) is 0 Å². The van der Waals surface area contributed by atoms with Crippen LogP contribution in [0, 0.1) is 10.1 Å². The van der Waals surface area contributed by atoms with Gasteiger partial charge in [-0.1, -0.05) is 11.6 Å². The number of hydrogen-bond donors (Lipinski definition) is 0. The molecule has 70 valence electrons. The van der Waals surface area contributed by atoms with Gasteiger partial charge in [0.05, 0.1) is 4.92 Å². The smallest absolute Gasteiger partial charge is 0.258 e. The summed E-state index contributed by atoms with van der Waals surface area (Å²) in [4.78, 5) is 17.7. The highest BCUT2D eigenvalue weighted by atomic mass is 35.5. The van der Waals surface area contributed by atoms with Crippen molar-refractivity contribution in [3.63, 3.8) is 0 Å². The summed E-state index contributed by atoms with van der Waals surface area (Å²) in [6.45, 7) is 0. The van der Waals surface area contributed by atoms with Gasteiger partial charge in [0.25, 0.3) is 0 Å². The van der Waals surface area contributed by atoms with Gasteiger partial charge in [0.2, 0.25) is 5.15 Å². The second-order valence-electron chi connectivity index (χ2n) is 2.61. The monoisotopic (exact) mass is 209 g/mol. The number of nitro groups is 1. The van der Waals surface area contributed by atoms with E-state index in [4.69, 9.17) is 11.6 Å². The average Bonchev–Trinajstić information content (AvgIpc) is 2.16. The van der Waals surface area contributed by atoms with Gasteiger partial charge in [0.1, 0.15) is 0 Å². The maximum atomic E-state index is 10.5. The van der Waals surface area contributed by atoms with Crippen molar-refractivity contribution >= 4 is 28.3 Å². The lowest BCUT2D eigenvalue weighted by atomic mass is 10.3. The average molecular weight is 210 g/mol. The van der Waals surface area contributed by atoms with E-state index < -0.39 is 4.92 Å². The van der Waals surface area contributed by atoms with Crippen molar-refractivity contribution in [1.82, 2.24) is 9.97 Å². The fraction of sp³-hybridized carbons (Fsp3) is 0. The van der Waals surface area contributed by atoms with Crippen LogP contribution in [-0.2, 0) is 0 Å². The second-order valence-corrected chi connectivity index (χ2v) is 2.96. The molecule has 0 aliphatic heterocycles. The molecule has 0 saturated carbocycles. The summed E-state index contributed by atoms with van der Waals surface area (Å²) in [5.41, 5.74) is 0.204. The van der Waals surface area contributed by atoms with Crippen LogP contribution in [-0.4, -0.2) is 14.9 Å². The van der Waals surface area contributed by atoms with E-state index in [1.165, 1.54) is 6.07 Å². The zero-order valence-corrected chi connectivity index (χ0v) is 7.60. The highest BCUT2D eigenvalue weighted by Gasteiger charge is 2.14. The molecule has 0 aliphatic rings. The van der Waals surface area contributed by atoms with Crippen molar-refractivity contribution in [2.24, 2.45) is 0 Å². The van der Waals surface area contributed by atoms with Crippen LogP contribution in [0.4, 0.5) is 5.69 Å². The predicted octanol–water partition coefficient (Wildman–Crippen LogP) is 2.19. The van der Waals surface area contributed by atoms with Gasteiger partial charge < -0.3 is 0 Å². The molecule has 0 saturated heterocycles. The van der Waals surface area contributed by atoms with Crippen LogP contribution in [0.1, 0.15) is 0 Å². The molecule has 0 fully saturated rings. The highest BCUT2D eigenvalue weighted by molar-refractivity contribution is 6.31. The molecule has 0 bridgehead atoms. The summed E-state index contributed by atoms with van der Waals surface area (Å²) in [5.74, 6) is 0. The first-order valence-electron chi connectivity index (χ1n) is 3.74. The molecule has 0 aliphatic carbocycles. The Bertz CT molecular complexity index is 515. The molecule has 0 unspecified atom stereocenters. The summed E-state index contributed by atoms with van der Waals surface area (Å²) in [6, 6.07) is 4.73. The first-order valence-corrected chi connectivity index (χ1v) is 4.12. The number of rotatable bonds is 1. The number of halogens is 1. The third-order valence-corrected chi connectivity index (χ3v) is 2.00. The van der Waals surface area contributed by atoms with Crippen LogP contribution >= 0.6 is 11.6 Å². The molecule has 14 heavy (non-hydrogen) atoms. The Kier molecular flexibility index (Phi) is 2.01. The van der Waals surface area contributed by atoms with Crippen LogP contribution in [0.2, 0.25) is 5.15 Å². The fourth-order valence-electron chi connectivity index (χ4n) is 1.10. The van der Waals surface area contributed by atoms with E-state index in [2.05, 4.69) is 9.97 Å². The standard InChI is InChI=1S/C8H4ClN3O2/c9-7-6(12(13)14)4-5-2-1-3-10-8(5)11-7/h1-4H. The number of pyridine rings is 2. The zero-order valence-electron chi connectivity index (χ0n) is 6.85. The fourth-order valence-corrected chi connectivity index (χ4v) is 1.30. The Hall–Kier alpha value is -1.75. The molecule has 6 heteroatoms. The SMILES string of the molecule is O=[N+]([O-])c1cc2cccnc2nc1Cl. The molecule has 2 aromatic rings. The van der Waals surface area contributed by atoms with Gasteiger partial charge in [-0.25, -0.2) is 9.97 Å².